The third kappa shape index (κ3) is 8.34. The molecule has 0 radical (unpaired) electrons. The highest BCUT2D eigenvalue weighted by atomic mass is 33.5. The molecule has 2 unspecified atom stereocenters. The molecule has 0 N–H and O–H groups in total. The molecule has 0 aliphatic rings. The van der Waals surface area contributed by atoms with Gasteiger partial charge in [-0.3, -0.25) is 0 Å². The molecule has 8 nitrogen and oxygen atoms in total. The van der Waals surface area contributed by atoms with E-state index in [9.17, 15) is 0 Å². The minimum Gasteiger partial charge on any atom is -0.373 e. The Morgan fingerprint density at radius 3 is 1.17 bits per heavy atom. The second-order valence-corrected chi connectivity index (χ2v) is 23.4. The van der Waals surface area contributed by atoms with Crippen molar-refractivity contribution >= 4 is 92.1 Å². The molecule has 2 heterocycles. The molecule has 260 valence electrons. The summed E-state index contributed by atoms with van der Waals surface area (Å²) < 4.78 is 41.5. The van der Waals surface area contributed by atoms with Gasteiger partial charge in [-0.05, 0) is 89.5 Å². The van der Waals surface area contributed by atoms with Gasteiger partial charge in [0.05, 0.1) is 30.5 Å². The Morgan fingerprint density at radius 1 is 0.553 bits per heavy atom. The third-order valence-corrected chi connectivity index (χ3v) is 23.3. The smallest absolute Gasteiger partial charge is 0.373 e. The van der Waals surface area contributed by atoms with Crippen LogP contribution in [-0.2, 0) is 36.6 Å². The van der Waals surface area contributed by atoms with Crippen LogP contribution >= 0.6 is 54.1 Å². The summed E-state index contributed by atoms with van der Waals surface area (Å²) in [5.41, 5.74) is 1.96. The number of fused-ring (bicyclic) bond motifs is 2. The number of rotatable bonds is 22. The molecule has 4 aromatic rings. The summed E-state index contributed by atoms with van der Waals surface area (Å²) in [6, 6.07) is 16.5. The largest absolute Gasteiger partial charge is 0.515 e. The predicted molar refractivity (Wildman–Crippen MR) is 208 cm³/mol. The number of hydrogen-bond donors (Lipinski definition) is 0. The number of hydrogen-bond acceptors (Lipinski definition) is 13. The molecule has 47 heavy (non-hydrogen) atoms. The van der Waals surface area contributed by atoms with Gasteiger partial charge in [0.1, 0.15) is 10.0 Å². The lowest BCUT2D eigenvalue weighted by molar-refractivity contribution is 0.0494. The summed E-state index contributed by atoms with van der Waals surface area (Å²) in [5, 5.41) is 0.809. The van der Waals surface area contributed by atoms with Gasteiger partial charge in [0, 0.05) is 51.1 Å². The summed E-state index contributed by atoms with van der Waals surface area (Å²) in [5.74, 6) is 1.39. The zero-order chi connectivity index (χ0) is 34.0. The van der Waals surface area contributed by atoms with Crippen molar-refractivity contribution in [1.82, 2.24) is 9.97 Å². The number of thiazole rings is 2. The van der Waals surface area contributed by atoms with Gasteiger partial charge in [0.2, 0.25) is 0 Å². The second-order valence-electron chi connectivity index (χ2n) is 10.9. The minimum absolute atomic E-state index is 0.499. The van der Waals surface area contributed by atoms with Crippen LogP contribution in [0.3, 0.4) is 0 Å². The van der Waals surface area contributed by atoms with E-state index >= 15 is 0 Å². The molecule has 0 saturated carbocycles. The maximum absolute atomic E-state index is 6.53. The van der Waals surface area contributed by atoms with E-state index in [2.05, 4.69) is 50.2 Å². The van der Waals surface area contributed by atoms with Crippen molar-refractivity contribution in [3.8, 4) is 0 Å². The first-order valence-corrected chi connectivity index (χ1v) is 25.1. The summed E-state index contributed by atoms with van der Waals surface area (Å²) in [6.45, 7) is 19.4. The SMILES string of the molecule is CCO[Si](OCC)(OCC)C(C)(CSSSCC(C)(c1nc2ccccc2s1)[Si](OCC)(OCC)OCC)c1nc2ccccc2s1. The highest BCUT2D eigenvalue weighted by Crippen LogP contribution is 2.50. The van der Waals surface area contributed by atoms with Crippen molar-refractivity contribution in [3.05, 3.63) is 58.5 Å². The van der Waals surface area contributed by atoms with Gasteiger partial charge in [-0.25, -0.2) is 9.97 Å². The first kappa shape index (κ1) is 39.3. The van der Waals surface area contributed by atoms with E-state index in [4.69, 9.17) is 36.5 Å². The molecule has 2 aromatic heterocycles. The van der Waals surface area contributed by atoms with Crippen LogP contribution in [0, 0.1) is 0 Å². The molecule has 4 rings (SSSR count). The molecule has 0 amide bonds. The fraction of sp³-hybridized carbons (Fsp3) is 0.562. The van der Waals surface area contributed by atoms with Gasteiger partial charge in [-0.15, -0.1) is 22.7 Å². The van der Waals surface area contributed by atoms with Crippen molar-refractivity contribution in [3.63, 3.8) is 0 Å². The molecular weight excluding hydrogens is 725 g/mol. The molecular formula is C32H48N2O6S5Si2. The maximum atomic E-state index is 6.53. The monoisotopic (exact) mass is 772 g/mol. The zero-order valence-corrected chi connectivity index (χ0v) is 34.7. The van der Waals surface area contributed by atoms with E-state index in [1.54, 1.807) is 54.1 Å². The molecule has 0 bridgehead atoms. The topological polar surface area (TPSA) is 81.2 Å². The molecule has 2 aromatic carbocycles. The summed E-state index contributed by atoms with van der Waals surface area (Å²) in [6.07, 6.45) is 0. The van der Waals surface area contributed by atoms with Gasteiger partial charge in [-0.1, -0.05) is 45.9 Å². The average molecular weight is 773 g/mol. The van der Waals surface area contributed by atoms with Gasteiger partial charge in [-0.2, -0.15) is 0 Å². The summed E-state index contributed by atoms with van der Waals surface area (Å²) in [4.78, 5) is 10.2. The molecule has 0 fully saturated rings. The highest BCUT2D eigenvalue weighted by molar-refractivity contribution is 9.09. The van der Waals surface area contributed by atoms with Crippen LogP contribution in [0.5, 0.6) is 0 Å². The third-order valence-electron chi connectivity index (χ3n) is 7.68. The van der Waals surface area contributed by atoms with Crippen molar-refractivity contribution in [2.75, 3.05) is 51.1 Å². The van der Waals surface area contributed by atoms with Crippen LogP contribution in [0.2, 0.25) is 0 Å². The molecule has 0 aliphatic heterocycles. The number of benzene rings is 2. The van der Waals surface area contributed by atoms with E-state index in [-0.39, 0.29) is 0 Å². The maximum Gasteiger partial charge on any atom is 0.515 e. The second kappa shape index (κ2) is 18.1. The average Bonchev–Trinajstić information content (AvgIpc) is 3.70. The van der Waals surface area contributed by atoms with E-state index in [1.165, 1.54) is 0 Å². The predicted octanol–water partition coefficient (Wildman–Crippen LogP) is 9.33. The zero-order valence-electron chi connectivity index (χ0n) is 28.7. The lowest BCUT2D eigenvalue weighted by Gasteiger charge is -2.42. The molecule has 0 aliphatic carbocycles. The number of nitrogens with zero attached hydrogens (tertiary/aromatic N) is 2. The summed E-state index contributed by atoms with van der Waals surface area (Å²) in [7, 11) is -1.18. The van der Waals surface area contributed by atoms with Crippen LogP contribution in [0.25, 0.3) is 20.4 Å². The van der Waals surface area contributed by atoms with Crippen molar-refractivity contribution in [2.45, 2.75) is 65.5 Å². The molecule has 0 spiro atoms. The molecule has 2 atom stereocenters. The van der Waals surface area contributed by atoms with Gasteiger partial charge in [0.15, 0.2) is 0 Å². The van der Waals surface area contributed by atoms with Crippen molar-refractivity contribution in [2.24, 2.45) is 0 Å². The van der Waals surface area contributed by atoms with Crippen LogP contribution in [0.15, 0.2) is 48.5 Å². The Morgan fingerprint density at radius 2 is 0.872 bits per heavy atom. The normalized spacial score (nSPS) is 15.3. The Balaban J connectivity index is 1.65. The van der Waals surface area contributed by atoms with Gasteiger partial charge in [0.25, 0.3) is 0 Å². The van der Waals surface area contributed by atoms with Crippen LogP contribution < -0.4 is 0 Å². The van der Waals surface area contributed by atoms with Crippen LogP contribution in [0.4, 0.5) is 0 Å². The van der Waals surface area contributed by atoms with E-state index in [1.807, 2.05) is 53.7 Å². The number of aromatic nitrogens is 2. The molecule has 15 heteroatoms. The van der Waals surface area contributed by atoms with Crippen LogP contribution in [-0.4, -0.2) is 78.7 Å². The first-order chi connectivity index (χ1) is 22.7. The lowest BCUT2D eigenvalue weighted by Crippen LogP contribution is -2.63. The van der Waals surface area contributed by atoms with Crippen LogP contribution in [0.1, 0.15) is 65.4 Å². The summed E-state index contributed by atoms with van der Waals surface area (Å²) >= 11 is 3.40. The first-order valence-electron chi connectivity index (χ1n) is 16.2. The Labute approximate surface area is 301 Å². The highest BCUT2D eigenvalue weighted by Gasteiger charge is 2.62. The quantitative estimate of drug-likeness (QED) is 0.0436. The van der Waals surface area contributed by atoms with Gasteiger partial charge < -0.3 is 26.6 Å². The van der Waals surface area contributed by atoms with E-state index in [0.29, 0.717) is 51.1 Å². The van der Waals surface area contributed by atoms with Gasteiger partial charge >= 0.3 is 17.6 Å². The van der Waals surface area contributed by atoms with E-state index < -0.39 is 27.7 Å². The van der Waals surface area contributed by atoms with E-state index in [0.717, 1.165) is 30.4 Å². The van der Waals surface area contributed by atoms with Crippen molar-refractivity contribution < 1.29 is 26.6 Å². The standard InChI is InChI=1S/C32H48N2O6S5Si2/c1-9-35-46(36-10-2,37-11-3)31(7,29-33-25-19-15-17-21-27(25)43-29)23-41-45-42-24-32(8,47(38-12-4,39-13-5)40-14-6)30-34-26-20-16-18-22-28(26)44-30/h15-22H,9-14,23-24H2,1-8H3. The Kier molecular flexibility index (Phi) is 15.1. The number of para-hydroxylation sites is 2. The fourth-order valence-electron chi connectivity index (χ4n) is 5.44. The molecule has 0 saturated heterocycles. The minimum atomic E-state index is -3.24. The fourth-order valence-corrected chi connectivity index (χ4v) is 20.8. The lowest BCUT2D eigenvalue weighted by atomic mass is 10.2. The Bertz CT molecular complexity index is 1330. The Hall–Kier alpha value is -0.536. The van der Waals surface area contributed by atoms with Crippen molar-refractivity contribution in [1.29, 1.82) is 0 Å².